The third-order valence-electron chi connectivity index (χ3n) is 4.32. The van der Waals surface area contributed by atoms with E-state index in [9.17, 15) is 13.2 Å². The summed E-state index contributed by atoms with van der Waals surface area (Å²) in [7, 11) is -3.74. The van der Waals surface area contributed by atoms with E-state index in [4.69, 9.17) is 0 Å². The summed E-state index contributed by atoms with van der Waals surface area (Å²) in [5.41, 5.74) is 1.03. The predicted octanol–water partition coefficient (Wildman–Crippen LogP) is 3.22. The van der Waals surface area contributed by atoms with Crippen LogP contribution in [0.3, 0.4) is 0 Å². The molecule has 2 rings (SSSR count). The number of nitrogens with one attached hydrogen (secondary N) is 1. The number of benzene rings is 2. The first-order chi connectivity index (χ1) is 12.9. The smallest absolute Gasteiger partial charge is 0.243 e. The van der Waals surface area contributed by atoms with Crippen molar-refractivity contribution in [1.82, 2.24) is 9.62 Å². The SMILES string of the molecule is CCC[C@@H](C)NC(=O)CN(CCc1ccccc1)S(=O)(=O)c1ccccc1. The van der Waals surface area contributed by atoms with Gasteiger partial charge in [-0.3, -0.25) is 4.79 Å². The molecule has 1 atom stereocenters. The van der Waals surface area contributed by atoms with E-state index in [-0.39, 0.29) is 29.9 Å². The fraction of sp³-hybridized carbons (Fsp3) is 0.381. The van der Waals surface area contributed by atoms with Crippen molar-refractivity contribution in [2.75, 3.05) is 13.1 Å². The Morgan fingerprint density at radius 1 is 1.04 bits per heavy atom. The van der Waals surface area contributed by atoms with Crippen LogP contribution in [0, 0.1) is 0 Å². The monoisotopic (exact) mass is 388 g/mol. The van der Waals surface area contributed by atoms with Crippen molar-refractivity contribution in [3.63, 3.8) is 0 Å². The van der Waals surface area contributed by atoms with Gasteiger partial charge in [-0.15, -0.1) is 0 Å². The van der Waals surface area contributed by atoms with Crippen LogP contribution in [0.2, 0.25) is 0 Å². The summed E-state index contributed by atoms with van der Waals surface area (Å²) in [6.07, 6.45) is 2.37. The number of rotatable bonds is 10. The maximum Gasteiger partial charge on any atom is 0.243 e. The molecule has 1 amide bonds. The maximum atomic E-state index is 13.0. The van der Waals surface area contributed by atoms with E-state index in [2.05, 4.69) is 12.2 Å². The second-order valence-electron chi connectivity index (χ2n) is 6.64. The first kappa shape index (κ1) is 21.1. The quantitative estimate of drug-likeness (QED) is 0.680. The summed E-state index contributed by atoms with van der Waals surface area (Å²) in [6, 6.07) is 18.0. The Bertz CT molecular complexity index is 808. The van der Waals surface area contributed by atoms with Gasteiger partial charge in [0.1, 0.15) is 0 Å². The summed E-state index contributed by atoms with van der Waals surface area (Å²) < 4.78 is 27.4. The number of hydrogen-bond acceptors (Lipinski definition) is 3. The number of carbonyl (C=O) groups is 1. The third-order valence-corrected chi connectivity index (χ3v) is 6.18. The molecule has 0 heterocycles. The molecular formula is C21H28N2O3S. The molecule has 2 aromatic carbocycles. The van der Waals surface area contributed by atoms with Crippen molar-refractivity contribution in [2.24, 2.45) is 0 Å². The molecule has 0 aliphatic carbocycles. The number of hydrogen-bond donors (Lipinski definition) is 1. The highest BCUT2D eigenvalue weighted by Crippen LogP contribution is 2.16. The predicted molar refractivity (Wildman–Crippen MR) is 108 cm³/mol. The van der Waals surface area contributed by atoms with Crippen LogP contribution in [0.4, 0.5) is 0 Å². The van der Waals surface area contributed by atoms with Crippen LogP contribution in [-0.2, 0) is 21.2 Å². The van der Waals surface area contributed by atoms with Crippen molar-refractivity contribution in [2.45, 2.75) is 44.0 Å². The lowest BCUT2D eigenvalue weighted by atomic mass is 10.1. The number of amides is 1. The van der Waals surface area contributed by atoms with Crippen LogP contribution in [0.25, 0.3) is 0 Å². The summed E-state index contributed by atoms with van der Waals surface area (Å²) >= 11 is 0. The zero-order chi connectivity index (χ0) is 19.7. The lowest BCUT2D eigenvalue weighted by Gasteiger charge is -2.23. The largest absolute Gasteiger partial charge is 0.353 e. The van der Waals surface area contributed by atoms with Gasteiger partial charge in [0.25, 0.3) is 0 Å². The van der Waals surface area contributed by atoms with Crippen molar-refractivity contribution >= 4 is 15.9 Å². The van der Waals surface area contributed by atoms with E-state index in [1.54, 1.807) is 30.3 Å². The van der Waals surface area contributed by atoms with E-state index in [0.717, 1.165) is 18.4 Å². The molecule has 0 aliphatic rings. The molecule has 2 aromatic rings. The first-order valence-electron chi connectivity index (χ1n) is 9.32. The standard InChI is InChI=1S/C21H28N2O3S/c1-3-10-18(2)22-21(24)17-23(16-15-19-11-6-4-7-12-19)27(25,26)20-13-8-5-9-14-20/h4-9,11-14,18H,3,10,15-17H2,1-2H3,(H,22,24)/t18-/m1/s1. The molecule has 0 aliphatic heterocycles. The van der Waals surface area contributed by atoms with Crippen molar-refractivity contribution in [1.29, 1.82) is 0 Å². The van der Waals surface area contributed by atoms with Crippen molar-refractivity contribution in [3.8, 4) is 0 Å². The zero-order valence-electron chi connectivity index (χ0n) is 16.0. The Kier molecular flexibility index (Phi) is 8.00. The second kappa shape index (κ2) is 10.2. The summed E-state index contributed by atoms with van der Waals surface area (Å²) in [5, 5.41) is 2.89. The Balaban J connectivity index is 2.16. The highest BCUT2D eigenvalue weighted by molar-refractivity contribution is 7.89. The van der Waals surface area contributed by atoms with Crippen LogP contribution in [0.1, 0.15) is 32.3 Å². The van der Waals surface area contributed by atoms with E-state index in [1.807, 2.05) is 37.3 Å². The van der Waals surface area contributed by atoms with E-state index >= 15 is 0 Å². The van der Waals surface area contributed by atoms with Crippen LogP contribution < -0.4 is 5.32 Å². The van der Waals surface area contributed by atoms with E-state index in [0.29, 0.717) is 6.42 Å². The zero-order valence-corrected chi connectivity index (χ0v) is 16.8. The Labute approximate surface area is 162 Å². The average molecular weight is 389 g/mol. The van der Waals surface area contributed by atoms with Gasteiger partial charge in [-0.1, -0.05) is 61.9 Å². The molecule has 5 nitrogen and oxygen atoms in total. The molecular weight excluding hydrogens is 360 g/mol. The van der Waals surface area contributed by atoms with Crippen LogP contribution in [0.15, 0.2) is 65.6 Å². The molecule has 0 radical (unpaired) electrons. The van der Waals surface area contributed by atoms with Crippen molar-refractivity contribution < 1.29 is 13.2 Å². The van der Waals surface area contributed by atoms with Crippen molar-refractivity contribution in [3.05, 3.63) is 66.2 Å². The highest BCUT2D eigenvalue weighted by atomic mass is 32.2. The molecule has 146 valence electrons. The van der Waals surface area contributed by atoms with Gasteiger partial charge in [0, 0.05) is 12.6 Å². The molecule has 1 N–H and O–H groups in total. The topological polar surface area (TPSA) is 66.5 Å². The molecule has 0 unspecified atom stereocenters. The van der Waals surface area contributed by atoms with Gasteiger partial charge in [-0.25, -0.2) is 8.42 Å². The van der Waals surface area contributed by atoms with Gasteiger partial charge in [-0.05, 0) is 37.5 Å². The van der Waals surface area contributed by atoms with Gasteiger partial charge in [0.15, 0.2) is 0 Å². The van der Waals surface area contributed by atoms with Gasteiger partial charge < -0.3 is 5.32 Å². The molecule has 6 heteroatoms. The minimum Gasteiger partial charge on any atom is -0.353 e. The van der Waals surface area contributed by atoms with Crippen LogP contribution >= 0.6 is 0 Å². The summed E-state index contributed by atoms with van der Waals surface area (Å²) in [5.74, 6) is -0.275. The van der Waals surface area contributed by atoms with Crippen LogP contribution in [0.5, 0.6) is 0 Å². The van der Waals surface area contributed by atoms with Gasteiger partial charge in [0.05, 0.1) is 11.4 Å². The number of nitrogens with zero attached hydrogens (tertiary/aromatic N) is 1. The Morgan fingerprint density at radius 3 is 2.22 bits per heavy atom. The lowest BCUT2D eigenvalue weighted by molar-refractivity contribution is -0.121. The Morgan fingerprint density at radius 2 is 1.63 bits per heavy atom. The third kappa shape index (κ3) is 6.48. The van der Waals surface area contributed by atoms with Gasteiger partial charge in [0.2, 0.25) is 15.9 Å². The molecule has 0 saturated heterocycles. The average Bonchev–Trinajstić information content (AvgIpc) is 2.66. The maximum absolute atomic E-state index is 13.0. The minimum absolute atomic E-state index is 0.0258. The van der Waals surface area contributed by atoms with E-state index < -0.39 is 10.0 Å². The number of carbonyl (C=O) groups excluding carboxylic acids is 1. The summed E-state index contributed by atoms with van der Waals surface area (Å²) in [4.78, 5) is 12.6. The fourth-order valence-corrected chi connectivity index (χ4v) is 4.33. The van der Waals surface area contributed by atoms with E-state index in [1.165, 1.54) is 4.31 Å². The molecule has 0 fully saturated rings. The summed E-state index contributed by atoms with van der Waals surface area (Å²) in [6.45, 7) is 4.05. The lowest BCUT2D eigenvalue weighted by Crippen LogP contribution is -2.44. The molecule has 0 spiro atoms. The second-order valence-corrected chi connectivity index (χ2v) is 8.58. The molecule has 0 aromatic heterocycles. The normalized spacial score (nSPS) is 12.7. The van der Waals surface area contributed by atoms with Crippen LogP contribution in [-0.4, -0.2) is 37.8 Å². The fourth-order valence-electron chi connectivity index (χ4n) is 2.91. The highest BCUT2D eigenvalue weighted by Gasteiger charge is 2.26. The molecule has 0 saturated carbocycles. The Hall–Kier alpha value is -2.18. The molecule has 27 heavy (non-hydrogen) atoms. The minimum atomic E-state index is -3.74. The number of sulfonamides is 1. The molecule has 0 bridgehead atoms. The van der Waals surface area contributed by atoms with Gasteiger partial charge >= 0.3 is 0 Å². The van der Waals surface area contributed by atoms with Gasteiger partial charge in [-0.2, -0.15) is 4.31 Å². The first-order valence-corrected chi connectivity index (χ1v) is 10.8.